The lowest BCUT2D eigenvalue weighted by Gasteiger charge is -2.14. The lowest BCUT2D eigenvalue weighted by Crippen LogP contribution is -2.01. The van der Waals surface area contributed by atoms with Crippen LogP contribution in [0, 0.1) is 5.92 Å². The third kappa shape index (κ3) is 8.74. The highest BCUT2D eigenvalue weighted by Gasteiger charge is 2.06. The molecule has 0 bridgehead atoms. The van der Waals surface area contributed by atoms with Crippen molar-refractivity contribution in [1.82, 2.24) is 0 Å². The number of unbranched alkanes of at least 4 members (excludes halogenated alkanes) is 2. The molecule has 0 nitrogen and oxygen atoms in total. The first kappa shape index (κ1) is 13.4. The van der Waals surface area contributed by atoms with E-state index >= 15 is 0 Å². The molecule has 13 heavy (non-hydrogen) atoms. The first-order valence-electron chi connectivity index (χ1n) is 5.96. The summed E-state index contributed by atoms with van der Waals surface area (Å²) in [6.07, 6.45) is 11.2. The Labute approximate surface area is 90.4 Å². The molecule has 1 unspecified atom stereocenters. The molecule has 0 saturated carbocycles. The fourth-order valence-corrected chi connectivity index (χ4v) is 2.09. The lowest BCUT2D eigenvalue weighted by molar-refractivity contribution is 0.412. The second-order valence-electron chi connectivity index (χ2n) is 4.02. The molecule has 0 N–H and O–H groups in total. The maximum absolute atomic E-state index is 4.27. The van der Waals surface area contributed by atoms with E-state index < -0.39 is 0 Å². The van der Waals surface area contributed by atoms with Crippen molar-refractivity contribution in [3.05, 3.63) is 0 Å². The third-order valence-electron chi connectivity index (χ3n) is 2.68. The molecule has 0 aliphatic carbocycles. The van der Waals surface area contributed by atoms with Gasteiger partial charge < -0.3 is 0 Å². The van der Waals surface area contributed by atoms with E-state index in [0.29, 0.717) is 0 Å². The fourth-order valence-electron chi connectivity index (χ4n) is 1.90. The van der Waals surface area contributed by atoms with E-state index in [0.717, 1.165) is 12.5 Å². The molecule has 0 heterocycles. The van der Waals surface area contributed by atoms with Gasteiger partial charge in [0.1, 0.15) is 0 Å². The highest BCUT2D eigenvalue weighted by atomic mass is 32.1. The summed E-state index contributed by atoms with van der Waals surface area (Å²) < 4.78 is 0. The van der Waals surface area contributed by atoms with E-state index in [2.05, 4.69) is 26.3 Å². The van der Waals surface area contributed by atoms with Gasteiger partial charge >= 0.3 is 0 Å². The van der Waals surface area contributed by atoms with E-state index in [4.69, 9.17) is 0 Å². The van der Waals surface area contributed by atoms with E-state index in [-0.39, 0.29) is 0 Å². The van der Waals surface area contributed by atoms with Crippen LogP contribution in [0.25, 0.3) is 0 Å². The molecule has 0 saturated heterocycles. The average Bonchev–Trinajstić information content (AvgIpc) is 2.14. The van der Waals surface area contributed by atoms with Gasteiger partial charge in [0.15, 0.2) is 6.56 Å². The summed E-state index contributed by atoms with van der Waals surface area (Å²) >= 11 is 4.27. The zero-order valence-corrected chi connectivity index (χ0v) is 10.3. The van der Waals surface area contributed by atoms with Crippen molar-refractivity contribution in [2.75, 3.05) is 0 Å². The monoisotopic (exact) mass is 200 g/mol. The maximum atomic E-state index is 4.27. The summed E-state index contributed by atoms with van der Waals surface area (Å²) in [5.41, 5.74) is 0. The Hall–Kier alpha value is 0.415. The number of rotatable bonds is 9. The SMILES string of the molecule is CCCCCC(CCC)CCBS. The third-order valence-corrected chi connectivity index (χ3v) is 3.00. The van der Waals surface area contributed by atoms with Gasteiger partial charge in [-0.1, -0.05) is 65.1 Å². The molecule has 0 amide bonds. The molecule has 2 heteroatoms. The van der Waals surface area contributed by atoms with Gasteiger partial charge in [0.2, 0.25) is 0 Å². The summed E-state index contributed by atoms with van der Waals surface area (Å²) in [6.45, 7) is 5.64. The minimum Gasteiger partial charge on any atom is -0.232 e. The second kappa shape index (κ2) is 10.5. The molecular weight excluding hydrogens is 175 g/mol. The van der Waals surface area contributed by atoms with Crippen LogP contribution in [0.2, 0.25) is 6.32 Å². The molecule has 0 fully saturated rings. The summed E-state index contributed by atoms with van der Waals surface area (Å²) in [5.74, 6) is 0.990. The van der Waals surface area contributed by atoms with Gasteiger partial charge in [0, 0.05) is 0 Å². The molecule has 0 aliphatic rings. The van der Waals surface area contributed by atoms with Crippen LogP contribution < -0.4 is 0 Å². The summed E-state index contributed by atoms with van der Waals surface area (Å²) in [6, 6.07) is 0. The Morgan fingerprint density at radius 1 is 1.00 bits per heavy atom. The van der Waals surface area contributed by atoms with Gasteiger partial charge in [-0.05, 0) is 5.92 Å². The predicted octanol–water partition coefficient (Wildman–Crippen LogP) is 4.07. The van der Waals surface area contributed by atoms with E-state index in [1.165, 1.54) is 51.3 Å². The molecule has 0 spiro atoms. The van der Waals surface area contributed by atoms with Gasteiger partial charge in [0.05, 0.1) is 0 Å². The molecule has 0 radical (unpaired) electrons. The standard InChI is InChI=1S/C11H25BS/c1-3-5-6-8-11(7-4-2)9-10-12-13/h11-13H,3-10H2,1-2H3. The van der Waals surface area contributed by atoms with Crippen LogP contribution in [-0.2, 0) is 0 Å². The van der Waals surface area contributed by atoms with Crippen LogP contribution in [0.5, 0.6) is 0 Å². The van der Waals surface area contributed by atoms with Crippen molar-refractivity contribution in [3.8, 4) is 0 Å². The van der Waals surface area contributed by atoms with Crippen LogP contribution in [0.15, 0.2) is 0 Å². The smallest absolute Gasteiger partial charge is 0.187 e. The van der Waals surface area contributed by atoms with Crippen LogP contribution in [0.3, 0.4) is 0 Å². The van der Waals surface area contributed by atoms with Crippen molar-refractivity contribution in [1.29, 1.82) is 0 Å². The van der Waals surface area contributed by atoms with Crippen molar-refractivity contribution >= 4 is 19.0 Å². The van der Waals surface area contributed by atoms with Gasteiger partial charge in [-0.15, -0.1) is 0 Å². The highest BCUT2D eigenvalue weighted by Crippen LogP contribution is 2.20. The Kier molecular flexibility index (Phi) is 10.8. The average molecular weight is 200 g/mol. The minimum absolute atomic E-state index is 0.990. The minimum atomic E-state index is 0.990. The zero-order chi connectivity index (χ0) is 9.94. The number of hydrogen-bond acceptors (Lipinski definition) is 1. The number of thiol groups is 1. The van der Waals surface area contributed by atoms with Crippen molar-refractivity contribution in [2.45, 2.75) is 65.1 Å². The van der Waals surface area contributed by atoms with E-state index in [1.54, 1.807) is 0 Å². The Bertz CT molecular complexity index is 96.1. The highest BCUT2D eigenvalue weighted by molar-refractivity contribution is 8.06. The summed E-state index contributed by atoms with van der Waals surface area (Å²) in [4.78, 5) is 0. The zero-order valence-electron chi connectivity index (χ0n) is 9.39. The number of hydrogen-bond donors (Lipinski definition) is 1. The molecule has 78 valence electrons. The van der Waals surface area contributed by atoms with E-state index in [1.807, 2.05) is 0 Å². The van der Waals surface area contributed by atoms with Gasteiger partial charge in [-0.2, -0.15) is 0 Å². The van der Waals surface area contributed by atoms with Gasteiger partial charge in [0.25, 0.3) is 0 Å². The van der Waals surface area contributed by atoms with E-state index in [9.17, 15) is 0 Å². The second-order valence-corrected chi connectivity index (χ2v) is 4.46. The normalized spacial score (nSPS) is 12.8. The first-order valence-corrected chi connectivity index (χ1v) is 6.59. The molecule has 0 aromatic carbocycles. The van der Waals surface area contributed by atoms with Crippen molar-refractivity contribution < 1.29 is 0 Å². The van der Waals surface area contributed by atoms with Crippen LogP contribution in [-0.4, -0.2) is 6.56 Å². The maximum Gasteiger partial charge on any atom is 0.187 e. The summed E-state index contributed by atoms with van der Waals surface area (Å²) in [5, 5.41) is 0. The van der Waals surface area contributed by atoms with Crippen molar-refractivity contribution in [3.63, 3.8) is 0 Å². The first-order chi connectivity index (χ1) is 6.35. The molecular formula is C11H25BS. The molecule has 0 aromatic rings. The van der Waals surface area contributed by atoms with Crippen LogP contribution in [0.4, 0.5) is 0 Å². The Morgan fingerprint density at radius 3 is 2.31 bits per heavy atom. The fraction of sp³-hybridized carbons (Fsp3) is 1.00. The van der Waals surface area contributed by atoms with Gasteiger partial charge in [-0.3, -0.25) is 0 Å². The van der Waals surface area contributed by atoms with Crippen molar-refractivity contribution in [2.24, 2.45) is 5.92 Å². The topological polar surface area (TPSA) is 0 Å². The Balaban J connectivity index is 3.41. The summed E-state index contributed by atoms with van der Waals surface area (Å²) in [7, 11) is 0. The quantitative estimate of drug-likeness (QED) is 0.323. The van der Waals surface area contributed by atoms with Crippen LogP contribution in [0.1, 0.15) is 58.8 Å². The van der Waals surface area contributed by atoms with Gasteiger partial charge in [-0.25, -0.2) is 12.5 Å². The molecule has 0 aliphatic heterocycles. The molecule has 0 aromatic heterocycles. The largest absolute Gasteiger partial charge is 0.232 e. The Morgan fingerprint density at radius 2 is 1.77 bits per heavy atom. The predicted molar refractivity (Wildman–Crippen MR) is 68.1 cm³/mol. The molecule has 0 rings (SSSR count). The molecule has 1 atom stereocenters. The lowest BCUT2D eigenvalue weighted by atomic mass is 9.86. The van der Waals surface area contributed by atoms with Crippen LogP contribution >= 0.6 is 12.5 Å².